The average Bonchev–Trinajstić information content (AvgIpc) is 2.04. The molecule has 7 heteroatoms. The molecule has 0 aromatic carbocycles. The lowest BCUT2D eigenvalue weighted by atomic mass is 10.5. The van der Waals surface area contributed by atoms with Crippen molar-refractivity contribution in [1.29, 1.82) is 0 Å². The Balaban J connectivity index is -0.000000150. The van der Waals surface area contributed by atoms with Crippen LogP contribution >= 0.6 is 0 Å². The summed E-state index contributed by atoms with van der Waals surface area (Å²) in [5.41, 5.74) is 0. The molecule has 0 amide bonds. The predicted octanol–water partition coefficient (Wildman–Crippen LogP) is -1.81. The van der Waals surface area contributed by atoms with Gasteiger partial charge in [0.2, 0.25) is 12.1 Å². The molecule has 0 radical (unpaired) electrons. The monoisotopic (exact) mass is 194 g/mol. The first-order chi connectivity index (χ1) is 5.45. The number of methoxy groups -OCH3 is 1. The number of esters is 1. The van der Waals surface area contributed by atoms with Crippen LogP contribution in [0.3, 0.4) is 0 Å². The molecule has 0 fully saturated rings. The number of aldehydes is 1. The fourth-order valence-corrected chi connectivity index (χ4v) is 0.144. The number of Topliss-reactive ketones (excluding diaryl/α,β-unsaturated/α-hetero) is 1. The van der Waals surface area contributed by atoms with Gasteiger partial charge in [-0.15, -0.1) is 0 Å². The van der Waals surface area contributed by atoms with Gasteiger partial charge < -0.3 is 15.3 Å². The van der Waals surface area contributed by atoms with Crippen molar-refractivity contribution in [2.75, 3.05) is 7.11 Å². The van der Waals surface area contributed by atoms with Crippen molar-refractivity contribution >= 4 is 24.0 Å². The first kappa shape index (κ1) is 17.4. The molecule has 0 saturated carbocycles. The van der Waals surface area contributed by atoms with Gasteiger partial charge in [-0.2, -0.15) is 0 Å². The molecule has 0 unspecified atom stereocenters. The van der Waals surface area contributed by atoms with Crippen molar-refractivity contribution < 1.29 is 34.5 Å². The van der Waals surface area contributed by atoms with Crippen molar-refractivity contribution in [3.05, 3.63) is 0 Å². The fraction of sp³-hybridized carbons (Fsp3) is 0.333. The van der Waals surface area contributed by atoms with E-state index in [4.69, 9.17) is 14.7 Å². The van der Waals surface area contributed by atoms with Gasteiger partial charge in [0.1, 0.15) is 0 Å². The number of ether oxygens (including phenoxy) is 1. The van der Waals surface area contributed by atoms with Crippen molar-refractivity contribution in [3.63, 3.8) is 0 Å². The Morgan fingerprint density at radius 3 is 1.62 bits per heavy atom. The van der Waals surface area contributed by atoms with Crippen LogP contribution in [0.1, 0.15) is 6.92 Å². The molecule has 0 aliphatic heterocycles. The van der Waals surface area contributed by atoms with Gasteiger partial charge in [-0.05, 0) is 0 Å². The highest BCUT2D eigenvalue weighted by Crippen LogP contribution is 1.71. The molecule has 76 valence electrons. The lowest BCUT2D eigenvalue weighted by Crippen LogP contribution is -2.10. The van der Waals surface area contributed by atoms with E-state index in [0.29, 0.717) is 0 Å². The summed E-state index contributed by atoms with van der Waals surface area (Å²) in [6.07, 6.45) is -0.167. The molecule has 0 rings (SSSR count). The van der Waals surface area contributed by atoms with Crippen LogP contribution in [0.5, 0.6) is 0 Å². The van der Waals surface area contributed by atoms with Crippen molar-refractivity contribution in [1.82, 2.24) is 0 Å². The molecule has 0 aromatic rings. The summed E-state index contributed by atoms with van der Waals surface area (Å²) in [5, 5.41) is 7.35. The molecule has 0 aromatic heterocycles. The third-order valence-corrected chi connectivity index (χ3v) is 0.574. The molecule has 0 aliphatic carbocycles. The van der Waals surface area contributed by atoms with E-state index in [1.54, 1.807) is 0 Å². The summed E-state index contributed by atoms with van der Waals surface area (Å²) < 4.78 is 4.02. The molecule has 0 aliphatic rings. The first-order valence-electron chi connectivity index (χ1n) is 2.72. The van der Waals surface area contributed by atoms with Crippen LogP contribution in [0.2, 0.25) is 0 Å². The van der Waals surface area contributed by atoms with E-state index in [0.717, 1.165) is 6.92 Å². The quantitative estimate of drug-likeness (QED) is 0.313. The Kier molecular flexibility index (Phi) is 13.7. The molecule has 3 N–H and O–H groups in total. The summed E-state index contributed by atoms with van der Waals surface area (Å²) in [7, 11) is 1.17. The van der Waals surface area contributed by atoms with Gasteiger partial charge in [0.25, 0.3) is 0 Å². The van der Waals surface area contributed by atoms with Crippen LogP contribution in [0.25, 0.3) is 0 Å². The molecule has 0 saturated heterocycles. The number of hydrogen-bond donors (Lipinski definition) is 1. The number of rotatable bonds is 2. The molecule has 0 spiro atoms. The normalized spacial score (nSPS) is 6.62. The molecular weight excluding hydrogens is 184 g/mol. The average molecular weight is 194 g/mol. The maximum Gasteiger partial charge on any atom is 0.374 e. The zero-order valence-corrected chi connectivity index (χ0v) is 7.07. The number of hydrogen-bond acceptors (Lipinski definition) is 5. The number of ketones is 1. The number of carboxylic acids is 1. The molecule has 7 nitrogen and oxygen atoms in total. The third-order valence-electron chi connectivity index (χ3n) is 0.574. The Labute approximate surface area is 73.6 Å². The first-order valence-corrected chi connectivity index (χ1v) is 2.72. The van der Waals surface area contributed by atoms with Crippen molar-refractivity contribution in [2.24, 2.45) is 0 Å². The van der Waals surface area contributed by atoms with Crippen LogP contribution in [-0.2, 0) is 23.9 Å². The Morgan fingerprint density at radius 2 is 1.62 bits per heavy atom. The lowest BCUT2D eigenvalue weighted by molar-refractivity contribution is -0.150. The second kappa shape index (κ2) is 10.2. The Bertz CT molecular complexity index is 195. The Morgan fingerprint density at radius 1 is 1.31 bits per heavy atom. The minimum atomic E-state index is -1.43. The third kappa shape index (κ3) is 17.9. The number of carbonyl (C=O) groups is 4. The zero-order chi connectivity index (χ0) is 10.1. The van der Waals surface area contributed by atoms with Crippen molar-refractivity contribution in [3.8, 4) is 0 Å². The molecule has 13 heavy (non-hydrogen) atoms. The van der Waals surface area contributed by atoms with Crippen LogP contribution in [-0.4, -0.2) is 41.7 Å². The second-order valence-corrected chi connectivity index (χ2v) is 1.50. The summed E-state index contributed by atoms with van der Waals surface area (Å²) in [6.45, 7) is 1.16. The van der Waals surface area contributed by atoms with E-state index in [1.165, 1.54) is 7.11 Å². The highest BCUT2D eigenvalue weighted by Gasteiger charge is 2.03. The number of carbonyl (C=O) groups excluding carboxylic acids is 3. The number of aliphatic carboxylic acids is 1. The summed E-state index contributed by atoms with van der Waals surface area (Å²) >= 11 is 0. The minimum Gasteiger partial charge on any atom is -0.476 e. The van der Waals surface area contributed by atoms with Gasteiger partial charge in [-0.25, -0.2) is 9.59 Å². The largest absolute Gasteiger partial charge is 0.476 e. The Hall–Kier alpha value is -1.76. The van der Waals surface area contributed by atoms with E-state index >= 15 is 0 Å². The van der Waals surface area contributed by atoms with Gasteiger partial charge in [0, 0.05) is 6.92 Å². The predicted molar refractivity (Wildman–Crippen MR) is 40.0 cm³/mol. The van der Waals surface area contributed by atoms with E-state index < -0.39 is 17.7 Å². The second-order valence-electron chi connectivity index (χ2n) is 1.50. The maximum absolute atomic E-state index is 9.94. The molecule has 0 bridgehead atoms. The van der Waals surface area contributed by atoms with Crippen molar-refractivity contribution in [2.45, 2.75) is 6.92 Å². The van der Waals surface area contributed by atoms with Gasteiger partial charge in [-0.3, -0.25) is 9.59 Å². The maximum atomic E-state index is 9.94. The van der Waals surface area contributed by atoms with E-state index in [9.17, 15) is 9.59 Å². The van der Waals surface area contributed by atoms with Crippen LogP contribution < -0.4 is 0 Å². The van der Waals surface area contributed by atoms with Crippen LogP contribution in [0.15, 0.2) is 0 Å². The topological polar surface area (TPSA) is 129 Å². The van der Waals surface area contributed by atoms with Gasteiger partial charge in [-0.1, -0.05) is 0 Å². The van der Waals surface area contributed by atoms with Gasteiger partial charge >= 0.3 is 11.9 Å². The van der Waals surface area contributed by atoms with Gasteiger partial charge in [0.05, 0.1) is 7.11 Å². The fourth-order valence-electron chi connectivity index (χ4n) is 0.144. The zero-order valence-electron chi connectivity index (χ0n) is 7.07. The lowest BCUT2D eigenvalue weighted by Gasteiger charge is -1.86. The molecule has 0 atom stereocenters. The van der Waals surface area contributed by atoms with Gasteiger partial charge in [0.15, 0.2) is 0 Å². The van der Waals surface area contributed by atoms with E-state index in [1.807, 2.05) is 0 Å². The van der Waals surface area contributed by atoms with Crippen LogP contribution in [0, 0.1) is 0 Å². The summed E-state index contributed by atoms with van der Waals surface area (Å²) in [6, 6.07) is 0. The summed E-state index contributed by atoms with van der Waals surface area (Å²) in [4.78, 5) is 37.7. The SMILES string of the molecule is COC(=O)C(C)=O.O.O=CC(=O)O. The molecular formula is C6H10O7. The molecule has 0 heterocycles. The minimum absolute atomic E-state index is 0. The number of carboxylic acid groups (broad SMARTS) is 1. The van der Waals surface area contributed by atoms with E-state index in [2.05, 4.69) is 4.74 Å². The smallest absolute Gasteiger partial charge is 0.374 e. The highest BCUT2D eigenvalue weighted by molar-refractivity contribution is 6.32. The highest BCUT2D eigenvalue weighted by atomic mass is 16.5. The van der Waals surface area contributed by atoms with E-state index in [-0.39, 0.29) is 11.8 Å². The van der Waals surface area contributed by atoms with Crippen LogP contribution in [0.4, 0.5) is 0 Å². The standard InChI is InChI=1S/C4H6O3.C2H2O3.H2O/c1-3(5)4(6)7-2;3-1-2(4)5;/h1-2H3;1H,(H,4,5);1H2. The summed E-state index contributed by atoms with van der Waals surface area (Å²) in [5.74, 6) is -2.78.